The molecule has 6 heteroatoms. The van der Waals surface area contributed by atoms with E-state index in [0.29, 0.717) is 17.5 Å². The number of aryl methyl sites for hydroxylation is 1. The summed E-state index contributed by atoms with van der Waals surface area (Å²) in [5.74, 6) is 3.63. The first-order valence-corrected chi connectivity index (χ1v) is 7.91. The summed E-state index contributed by atoms with van der Waals surface area (Å²) in [6.07, 6.45) is 3.57. The second kappa shape index (κ2) is 5.21. The second-order valence-electron chi connectivity index (χ2n) is 6.59. The molecule has 2 atom stereocenters. The van der Waals surface area contributed by atoms with Crippen molar-refractivity contribution in [2.75, 3.05) is 13.1 Å². The van der Waals surface area contributed by atoms with Crippen molar-refractivity contribution in [1.82, 2.24) is 15.0 Å². The van der Waals surface area contributed by atoms with Gasteiger partial charge in [0, 0.05) is 13.1 Å². The number of aliphatic hydroxyl groups excluding tert-OH is 1. The van der Waals surface area contributed by atoms with Gasteiger partial charge in [0.05, 0.1) is 12.0 Å². The van der Waals surface area contributed by atoms with Crippen molar-refractivity contribution in [3.05, 3.63) is 35.4 Å². The molecule has 0 spiro atoms. The predicted octanol–water partition coefficient (Wildman–Crippen LogP) is 2.02. The lowest BCUT2D eigenvalue weighted by molar-refractivity contribution is 0.221. The molecule has 22 heavy (non-hydrogen) atoms. The van der Waals surface area contributed by atoms with Crippen LogP contribution >= 0.6 is 0 Å². The minimum absolute atomic E-state index is 0.0215. The van der Waals surface area contributed by atoms with Crippen molar-refractivity contribution in [3.8, 4) is 0 Å². The summed E-state index contributed by atoms with van der Waals surface area (Å²) < 4.78 is 11.1. The minimum Gasteiger partial charge on any atom is -0.462 e. The summed E-state index contributed by atoms with van der Waals surface area (Å²) in [5.41, 5.74) is 0.0215. The van der Waals surface area contributed by atoms with Crippen molar-refractivity contribution < 1.29 is 14.0 Å². The third-order valence-corrected chi connectivity index (χ3v) is 5.15. The summed E-state index contributed by atoms with van der Waals surface area (Å²) in [6, 6.07) is 3.78. The van der Waals surface area contributed by atoms with Crippen LogP contribution in [0.15, 0.2) is 21.1 Å². The van der Waals surface area contributed by atoms with Gasteiger partial charge in [-0.2, -0.15) is 4.98 Å². The molecule has 1 saturated heterocycles. The smallest absolute Gasteiger partial charge is 0.234 e. The molecule has 6 nitrogen and oxygen atoms in total. The van der Waals surface area contributed by atoms with Gasteiger partial charge >= 0.3 is 0 Å². The van der Waals surface area contributed by atoms with Gasteiger partial charge in [-0.15, -0.1) is 0 Å². The fourth-order valence-corrected chi connectivity index (χ4v) is 4.18. The van der Waals surface area contributed by atoms with E-state index in [2.05, 4.69) is 15.0 Å². The Bertz CT molecular complexity index is 665. The van der Waals surface area contributed by atoms with Crippen LogP contribution in [0.5, 0.6) is 0 Å². The average molecular weight is 303 g/mol. The zero-order chi connectivity index (χ0) is 15.2. The van der Waals surface area contributed by atoms with Gasteiger partial charge in [0.1, 0.15) is 18.1 Å². The highest BCUT2D eigenvalue weighted by Gasteiger charge is 2.54. The van der Waals surface area contributed by atoms with Crippen LogP contribution in [0.2, 0.25) is 0 Å². The molecule has 0 bridgehead atoms. The molecule has 2 aliphatic rings. The first-order chi connectivity index (χ1) is 10.7. The summed E-state index contributed by atoms with van der Waals surface area (Å²) >= 11 is 0. The van der Waals surface area contributed by atoms with Gasteiger partial charge < -0.3 is 14.0 Å². The van der Waals surface area contributed by atoms with Gasteiger partial charge in [-0.05, 0) is 37.8 Å². The third-order valence-electron chi connectivity index (χ3n) is 5.15. The average Bonchev–Trinajstić information content (AvgIpc) is 3.21. The molecule has 2 aromatic heterocycles. The zero-order valence-corrected chi connectivity index (χ0v) is 12.8. The quantitative estimate of drug-likeness (QED) is 0.931. The normalized spacial score (nSPS) is 28.4. The molecule has 0 radical (unpaired) electrons. The topological polar surface area (TPSA) is 75.5 Å². The standard InChI is InChI=1S/C16H21N3O3/c1-11-17-15(22-18-11)16-6-2-3-12(16)7-19(10-16)8-13-4-5-14(9-20)21-13/h4-5,12,20H,2-3,6-10H2,1H3/t12-,16-/m0/s1. The molecule has 118 valence electrons. The van der Waals surface area contributed by atoms with Gasteiger partial charge in [0.2, 0.25) is 5.89 Å². The number of hydrogen-bond donors (Lipinski definition) is 1. The number of nitrogens with zero attached hydrogens (tertiary/aromatic N) is 3. The Morgan fingerprint density at radius 2 is 2.27 bits per heavy atom. The molecule has 3 heterocycles. The summed E-state index contributed by atoms with van der Waals surface area (Å²) in [7, 11) is 0. The third kappa shape index (κ3) is 2.18. The van der Waals surface area contributed by atoms with Gasteiger partial charge in [0.15, 0.2) is 5.82 Å². The second-order valence-corrected chi connectivity index (χ2v) is 6.59. The van der Waals surface area contributed by atoms with E-state index in [1.54, 1.807) is 0 Å². The molecule has 0 aromatic carbocycles. The first-order valence-electron chi connectivity index (χ1n) is 7.91. The Morgan fingerprint density at radius 1 is 1.41 bits per heavy atom. The van der Waals surface area contributed by atoms with Crippen LogP contribution in [0.3, 0.4) is 0 Å². The Kier molecular flexibility index (Phi) is 3.31. The van der Waals surface area contributed by atoms with Gasteiger partial charge in [0.25, 0.3) is 0 Å². The summed E-state index contributed by atoms with van der Waals surface area (Å²) in [4.78, 5) is 6.93. The van der Waals surface area contributed by atoms with Gasteiger partial charge in [-0.1, -0.05) is 11.6 Å². The fourth-order valence-electron chi connectivity index (χ4n) is 4.18. The van der Waals surface area contributed by atoms with Gasteiger partial charge in [-0.3, -0.25) is 4.90 Å². The molecule has 1 N–H and O–H groups in total. The van der Waals surface area contributed by atoms with Crippen LogP contribution in [-0.4, -0.2) is 33.2 Å². The van der Waals surface area contributed by atoms with Crippen LogP contribution in [0, 0.1) is 12.8 Å². The van der Waals surface area contributed by atoms with E-state index < -0.39 is 0 Å². The van der Waals surface area contributed by atoms with Crippen molar-refractivity contribution >= 4 is 0 Å². The molecule has 2 fully saturated rings. The largest absolute Gasteiger partial charge is 0.462 e. The lowest BCUT2D eigenvalue weighted by atomic mass is 9.80. The zero-order valence-electron chi connectivity index (χ0n) is 12.8. The van der Waals surface area contributed by atoms with Crippen molar-refractivity contribution in [2.45, 2.75) is 44.8 Å². The number of aromatic nitrogens is 2. The van der Waals surface area contributed by atoms with E-state index in [-0.39, 0.29) is 12.0 Å². The Morgan fingerprint density at radius 3 is 3.00 bits per heavy atom. The van der Waals surface area contributed by atoms with Crippen LogP contribution in [-0.2, 0) is 18.6 Å². The molecule has 0 amide bonds. The Labute approximate surface area is 129 Å². The molecular formula is C16H21N3O3. The molecule has 4 rings (SSSR count). The number of aliphatic hydroxyl groups is 1. The maximum absolute atomic E-state index is 9.10. The number of likely N-dealkylation sites (tertiary alicyclic amines) is 1. The number of rotatable bonds is 4. The molecule has 2 aromatic rings. The van der Waals surface area contributed by atoms with E-state index in [0.717, 1.165) is 37.7 Å². The highest BCUT2D eigenvalue weighted by atomic mass is 16.5. The Balaban J connectivity index is 1.54. The SMILES string of the molecule is Cc1noc([C@]23CCC[C@H]2CN(Cc2ccc(CO)o2)C3)n1. The van der Waals surface area contributed by atoms with E-state index in [4.69, 9.17) is 14.0 Å². The molecule has 1 aliphatic carbocycles. The van der Waals surface area contributed by atoms with E-state index in [1.807, 2.05) is 19.1 Å². The van der Waals surface area contributed by atoms with E-state index in [9.17, 15) is 0 Å². The summed E-state index contributed by atoms with van der Waals surface area (Å²) in [6.45, 7) is 4.57. The van der Waals surface area contributed by atoms with Crippen molar-refractivity contribution in [3.63, 3.8) is 0 Å². The van der Waals surface area contributed by atoms with E-state index in [1.165, 1.54) is 12.8 Å². The lowest BCUT2D eigenvalue weighted by Gasteiger charge is -2.24. The lowest BCUT2D eigenvalue weighted by Crippen LogP contribution is -2.32. The number of hydrogen-bond acceptors (Lipinski definition) is 6. The van der Waals surface area contributed by atoms with Crippen LogP contribution < -0.4 is 0 Å². The fraction of sp³-hybridized carbons (Fsp3) is 0.625. The maximum atomic E-state index is 9.10. The molecule has 1 saturated carbocycles. The highest BCUT2D eigenvalue weighted by molar-refractivity contribution is 5.18. The van der Waals surface area contributed by atoms with Crippen LogP contribution in [0.1, 0.15) is 42.5 Å². The first kappa shape index (κ1) is 14.0. The van der Waals surface area contributed by atoms with Crippen molar-refractivity contribution in [2.24, 2.45) is 5.92 Å². The number of fused-ring (bicyclic) bond motifs is 1. The summed E-state index contributed by atoms with van der Waals surface area (Å²) in [5, 5.41) is 13.1. The predicted molar refractivity (Wildman–Crippen MR) is 78.0 cm³/mol. The molecule has 0 unspecified atom stereocenters. The maximum Gasteiger partial charge on any atom is 0.234 e. The highest BCUT2D eigenvalue weighted by Crippen LogP contribution is 2.50. The minimum atomic E-state index is -0.0478. The van der Waals surface area contributed by atoms with Gasteiger partial charge in [-0.25, -0.2) is 0 Å². The Hall–Kier alpha value is -1.66. The monoisotopic (exact) mass is 303 g/mol. The van der Waals surface area contributed by atoms with Crippen LogP contribution in [0.25, 0.3) is 0 Å². The van der Waals surface area contributed by atoms with Crippen molar-refractivity contribution in [1.29, 1.82) is 0 Å². The van der Waals surface area contributed by atoms with Crippen LogP contribution in [0.4, 0.5) is 0 Å². The molecular weight excluding hydrogens is 282 g/mol. The van der Waals surface area contributed by atoms with E-state index >= 15 is 0 Å². The number of furan rings is 1. The molecule has 1 aliphatic heterocycles.